The molecule has 0 aliphatic rings. The number of carbonyl (C=O) groups excluding carboxylic acids is 3. The van der Waals surface area contributed by atoms with Crippen LogP contribution in [0.25, 0.3) is 17.3 Å². The number of benzene rings is 4. The van der Waals surface area contributed by atoms with Crippen LogP contribution in [0.3, 0.4) is 0 Å². The van der Waals surface area contributed by atoms with E-state index in [9.17, 15) is 14.4 Å². The Morgan fingerprint density at radius 1 is 0.891 bits per heavy atom. The number of rotatable bonds is 11. The average Bonchev–Trinajstić information content (AvgIpc) is 3.54. The molecule has 0 aliphatic carbocycles. The standard InChI is InChI=1S/C36H32N4O4S2/c1-23-12-7-8-15-26(23)20-30(38-34(42)25-13-5-4-6-14-25)35(43)37-27-16-11-17-28(21-27)46-24(2)33(41)40-36-39-31(22-45-36)29-18-9-10-19-32(29)44-3/h4-22,24H,1-3H3,(H,37,43)(H,38,42)(H,39,40,41)/b30-20-. The number of thioether (sulfide) groups is 1. The Morgan fingerprint density at radius 3 is 2.41 bits per heavy atom. The topological polar surface area (TPSA) is 109 Å². The number of aryl methyl sites for hydroxylation is 1. The third kappa shape index (κ3) is 8.29. The van der Waals surface area contributed by atoms with Crippen molar-refractivity contribution >= 4 is 57.7 Å². The van der Waals surface area contributed by atoms with E-state index in [1.54, 1.807) is 55.7 Å². The Morgan fingerprint density at radius 2 is 1.63 bits per heavy atom. The smallest absolute Gasteiger partial charge is 0.272 e. The van der Waals surface area contributed by atoms with Crippen LogP contribution in [0.1, 0.15) is 28.4 Å². The number of ether oxygens (including phenoxy) is 1. The molecule has 5 aromatic rings. The van der Waals surface area contributed by atoms with Gasteiger partial charge in [-0.15, -0.1) is 23.1 Å². The van der Waals surface area contributed by atoms with Gasteiger partial charge in [-0.1, -0.05) is 60.7 Å². The Labute approximate surface area is 275 Å². The van der Waals surface area contributed by atoms with Crippen LogP contribution in [-0.2, 0) is 9.59 Å². The van der Waals surface area contributed by atoms with Crippen molar-refractivity contribution in [2.24, 2.45) is 0 Å². The molecule has 8 nitrogen and oxygen atoms in total. The summed E-state index contributed by atoms with van der Waals surface area (Å²) in [5, 5.41) is 10.5. The van der Waals surface area contributed by atoms with Crippen molar-refractivity contribution in [1.29, 1.82) is 0 Å². The zero-order chi connectivity index (χ0) is 32.5. The Kier molecular flexibility index (Phi) is 10.6. The highest BCUT2D eigenvalue weighted by molar-refractivity contribution is 8.00. The third-order valence-corrected chi connectivity index (χ3v) is 8.76. The van der Waals surface area contributed by atoms with E-state index in [1.807, 2.05) is 79.9 Å². The molecule has 1 aromatic heterocycles. The van der Waals surface area contributed by atoms with Gasteiger partial charge in [0.15, 0.2) is 5.13 Å². The first-order valence-corrected chi connectivity index (χ1v) is 16.2. The van der Waals surface area contributed by atoms with Crippen molar-refractivity contribution in [3.8, 4) is 17.0 Å². The first kappa shape index (κ1) is 32.2. The van der Waals surface area contributed by atoms with Gasteiger partial charge in [-0.3, -0.25) is 14.4 Å². The van der Waals surface area contributed by atoms with E-state index >= 15 is 0 Å². The summed E-state index contributed by atoms with van der Waals surface area (Å²) in [6, 6.07) is 31.1. The molecule has 0 spiro atoms. The molecule has 3 amide bonds. The molecular weight excluding hydrogens is 617 g/mol. The first-order chi connectivity index (χ1) is 22.3. The van der Waals surface area contributed by atoms with Gasteiger partial charge >= 0.3 is 0 Å². The van der Waals surface area contributed by atoms with Crippen molar-refractivity contribution in [2.75, 3.05) is 17.7 Å². The quantitative estimate of drug-likeness (QED) is 0.100. The monoisotopic (exact) mass is 648 g/mol. The van der Waals surface area contributed by atoms with Crippen molar-refractivity contribution in [3.63, 3.8) is 0 Å². The number of para-hydroxylation sites is 1. The SMILES string of the molecule is COc1ccccc1-c1csc(NC(=O)C(C)Sc2cccc(NC(=O)/C(=C/c3ccccc3C)NC(=O)c3ccccc3)c2)n1. The summed E-state index contributed by atoms with van der Waals surface area (Å²) in [4.78, 5) is 44.9. The number of nitrogens with zero attached hydrogens (tertiary/aromatic N) is 1. The molecular formula is C36H32N4O4S2. The van der Waals surface area contributed by atoms with Gasteiger partial charge in [-0.2, -0.15) is 0 Å². The van der Waals surface area contributed by atoms with Crippen molar-refractivity contribution in [3.05, 3.63) is 131 Å². The lowest BCUT2D eigenvalue weighted by Crippen LogP contribution is -2.30. The lowest BCUT2D eigenvalue weighted by Gasteiger charge is -2.14. The van der Waals surface area contributed by atoms with Gasteiger partial charge in [-0.05, 0) is 73.5 Å². The van der Waals surface area contributed by atoms with Crippen LogP contribution in [0.4, 0.5) is 10.8 Å². The van der Waals surface area contributed by atoms with Crippen LogP contribution >= 0.6 is 23.1 Å². The molecule has 0 saturated heterocycles. The minimum atomic E-state index is -0.477. The molecule has 46 heavy (non-hydrogen) atoms. The van der Waals surface area contributed by atoms with Crippen LogP contribution in [0, 0.1) is 6.92 Å². The predicted octanol–water partition coefficient (Wildman–Crippen LogP) is 7.66. The van der Waals surface area contributed by atoms with E-state index < -0.39 is 17.1 Å². The van der Waals surface area contributed by atoms with Crippen LogP contribution in [0.2, 0.25) is 0 Å². The van der Waals surface area contributed by atoms with Crippen molar-refractivity contribution in [2.45, 2.75) is 24.0 Å². The number of aromatic nitrogens is 1. The molecule has 0 bridgehead atoms. The summed E-state index contributed by atoms with van der Waals surface area (Å²) in [6.45, 7) is 3.74. The van der Waals surface area contributed by atoms with Gasteiger partial charge in [0.25, 0.3) is 11.8 Å². The van der Waals surface area contributed by atoms with Crippen LogP contribution in [-0.4, -0.2) is 35.1 Å². The zero-order valence-electron chi connectivity index (χ0n) is 25.4. The van der Waals surface area contributed by atoms with Crippen LogP contribution in [0.5, 0.6) is 5.75 Å². The van der Waals surface area contributed by atoms with Crippen molar-refractivity contribution < 1.29 is 19.1 Å². The highest BCUT2D eigenvalue weighted by atomic mass is 32.2. The van der Waals surface area contributed by atoms with E-state index in [2.05, 4.69) is 20.9 Å². The number of nitrogens with one attached hydrogen (secondary N) is 3. The summed E-state index contributed by atoms with van der Waals surface area (Å²) in [7, 11) is 1.61. The molecule has 0 aliphatic heterocycles. The highest BCUT2D eigenvalue weighted by Gasteiger charge is 2.19. The molecule has 0 fully saturated rings. The Bertz CT molecular complexity index is 1890. The number of hydrogen-bond acceptors (Lipinski definition) is 7. The molecule has 3 N–H and O–H groups in total. The van der Waals surface area contributed by atoms with Gasteiger partial charge < -0.3 is 20.7 Å². The van der Waals surface area contributed by atoms with Gasteiger partial charge in [0.1, 0.15) is 11.4 Å². The first-order valence-electron chi connectivity index (χ1n) is 14.4. The molecule has 1 heterocycles. The second-order valence-corrected chi connectivity index (χ2v) is 12.5. The molecule has 10 heteroatoms. The lowest BCUT2D eigenvalue weighted by atomic mass is 10.1. The minimum absolute atomic E-state index is 0.102. The van der Waals surface area contributed by atoms with Gasteiger partial charge in [0.2, 0.25) is 5.91 Å². The molecule has 4 aromatic carbocycles. The summed E-state index contributed by atoms with van der Waals surface area (Å²) in [6.07, 6.45) is 1.66. The van der Waals surface area contributed by atoms with Gasteiger partial charge in [0.05, 0.1) is 18.1 Å². The lowest BCUT2D eigenvalue weighted by molar-refractivity contribution is -0.115. The molecule has 232 valence electrons. The molecule has 0 radical (unpaired) electrons. The second kappa shape index (κ2) is 15.2. The number of thiazole rings is 1. The fourth-order valence-electron chi connectivity index (χ4n) is 4.47. The normalized spacial score (nSPS) is 11.8. The van der Waals surface area contributed by atoms with Gasteiger partial charge in [-0.25, -0.2) is 4.98 Å². The predicted molar refractivity (Wildman–Crippen MR) is 186 cm³/mol. The van der Waals surface area contributed by atoms with E-state index in [1.165, 1.54) is 23.1 Å². The summed E-state index contributed by atoms with van der Waals surface area (Å²) in [5.74, 6) is -0.365. The fraction of sp³-hybridized carbons (Fsp3) is 0.111. The Hall–Kier alpha value is -5.19. The largest absolute Gasteiger partial charge is 0.496 e. The van der Waals surface area contributed by atoms with Gasteiger partial charge in [0, 0.05) is 27.1 Å². The number of anilines is 2. The maximum atomic E-state index is 13.5. The molecule has 0 saturated carbocycles. The summed E-state index contributed by atoms with van der Waals surface area (Å²) < 4.78 is 5.43. The zero-order valence-corrected chi connectivity index (χ0v) is 27.1. The Balaban J connectivity index is 1.26. The highest BCUT2D eigenvalue weighted by Crippen LogP contribution is 2.33. The second-order valence-electron chi connectivity index (χ2n) is 10.2. The minimum Gasteiger partial charge on any atom is -0.496 e. The van der Waals surface area contributed by atoms with E-state index in [4.69, 9.17) is 4.74 Å². The average molecular weight is 649 g/mol. The number of methoxy groups -OCH3 is 1. The van der Waals surface area contributed by atoms with E-state index in [0.717, 1.165) is 27.3 Å². The fourth-order valence-corrected chi connectivity index (χ4v) is 6.11. The number of amides is 3. The maximum absolute atomic E-state index is 13.5. The molecule has 5 rings (SSSR count). The molecule has 1 atom stereocenters. The van der Waals surface area contributed by atoms with Crippen molar-refractivity contribution in [1.82, 2.24) is 10.3 Å². The number of carbonyl (C=O) groups is 3. The molecule has 1 unspecified atom stereocenters. The van der Waals surface area contributed by atoms with Crippen LogP contribution in [0.15, 0.2) is 119 Å². The van der Waals surface area contributed by atoms with E-state index in [0.29, 0.717) is 22.1 Å². The summed E-state index contributed by atoms with van der Waals surface area (Å²) >= 11 is 2.69. The maximum Gasteiger partial charge on any atom is 0.272 e. The third-order valence-electron chi connectivity index (χ3n) is 6.91. The summed E-state index contributed by atoms with van der Waals surface area (Å²) in [5.41, 5.74) is 4.39. The van der Waals surface area contributed by atoms with Crippen LogP contribution < -0.4 is 20.7 Å². The number of hydrogen-bond donors (Lipinski definition) is 3. The van der Waals surface area contributed by atoms with E-state index in [-0.39, 0.29) is 11.6 Å².